The highest BCUT2D eigenvalue weighted by Crippen LogP contribution is 2.32. The number of hydrogen-bond acceptors (Lipinski definition) is 2. The van der Waals surface area contributed by atoms with E-state index in [-0.39, 0.29) is 6.10 Å². The van der Waals surface area contributed by atoms with E-state index in [1.807, 2.05) is 18.2 Å². The molecule has 1 fully saturated rings. The van der Waals surface area contributed by atoms with Crippen LogP contribution in [-0.4, -0.2) is 17.0 Å². The molecule has 1 N–H and O–H groups in total. The highest BCUT2D eigenvalue weighted by atomic mass is 79.9. The van der Waals surface area contributed by atoms with Crippen LogP contribution >= 0.6 is 27.7 Å². The first-order valence-electron chi connectivity index (χ1n) is 5.83. The van der Waals surface area contributed by atoms with E-state index in [4.69, 9.17) is 0 Å². The van der Waals surface area contributed by atoms with Crippen molar-refractivity contribution in [3.05, 3.63) is 28.7 Å². The zero-order chi connectivity index (χ0) is 11.4. The van der Waals surface area contributed by atoms with Gasteiger partial charge in [0.05, 0.1) is 6.10 Å². The summed E-state index contributed by atoms with van der Waals surface area (Å²) in [5, 5.41) is 10.1. The van der Waals surface area contributed by atoms with Crippen LogP contribution in [-0.2, 0) is 0 Å². The average Bonchev–Trinajstić information content (AvgIpc) is 2.81. The lowest BCUT2D eigenvalue weighted by Gasteiger charge is -2.17. The fraction of sp³-hybridized carbons (Fsp3) is 0.538. The summed E-state index contributed by atoms with van der Waals surface area (Å²) in [5.74, 6) is 1.35. The van der Waals surface area contributed by atoms with Crippen molar-refractivity contribution in [1.82, 2.24) is 0 Å². The lowest BCUT2D eigenvalue weighted by Crippen LogP contribution is -2.20. The summed E-state index contributed by atoms with van der Waals surface area (Å²) >= 11 is 5.27. The van der Waals surface area contributed by atoms with Crippen molar-refractivity contribution < 1.29 is 5.11 Å². The van der Waals surface area contributed by atoms with E-state index in [9.17, 15) is 5.11 Å². The average molecular weight is 301 g/mol. The van der Waals surface area contributed by atoms with Gasteiger partial charge in [-0.3, -0.25) is 0 Å². The van der Waals surface area contributed by atoms with Gasteiger partial charge in [0.15, 0.2) is 0 Å². The van der Waals surface area contributed by atoms with Crippen LogP contribution in [0.1, 0.15) is 25.7 Å². The Balaban J connectivity index is 1.84. The molecule has 3 heteroatoms. The molecule has 1 atom stereocenters. The predicted octanol–water partition coefficient (Wildman–Crippen LogP) is 4.09. The second kappa shape index (κ2) is 6.08. The van der Waals surface area contributed by atoms with E-state index in [1.54, 1.807) is 11.8 Å². The Morgan fingerprint density at radius 1 is 1.31 bits per heavy atom. The Hall–Kier alpha value is 0.01000. The van der Waals surface area contributed by atoms with Crippen LogP contribution in [0, 0.1) is 5.92 Å². The van der Waals surface area contributed by atoms with Crippen LogP contribution in [0.3, 0.4) is 0 Å². The number of halogens is 1. The minimum absolute atomic E-state index is 0.139. The number of thioether (sulfide) groups is 1. The number of hydrogen-bond donors (Lipinski definition) is 1. The molecule has 0 bridgehead atoms. The summed E-state index contributed by atoms with van der Waals surface area (Å²) in [7, 11) is 0. The van der Waals surface area contributed by atoms with Crippen molar-refractivity contribution in [2.24, 2.45) is 5.92 Å². The summed E-state index contributed by atoms with van der Waals surface area (Å²) < 4.78 is 1.12. The highest BCUT2D eigenvalue weighted by Gasteiger charge is 2.23. The van der Waals surface area contributed by atoms with Gasteiger partial charge in [-0.1, -0.05) is 25.0 Å². The van der Waals surface area contributed by atoms with Gasteiger partial charge in [0.2, 0.25) is 0 Å². The summed E-state index contributed by atoms with van der Waals surface area (Å²) in [5.41, 5.74) is 0. The summed E-state index contributed by atoms with van der Waals surface area (Å²) in [4.78, 5) is 1.22. The molecule has 88 valence electrons. The van der Waals surface area contributed by atoms with Crippen LogP contribution in [0.2, 0.25) is 0 Å². The molecule has 0 saturated heterocycles. The molecule has 0 radical (unpaired) electrons. The van der Waals surface area contributed by atoms with Gasteiger partial charge in [-0.25, -0.2) is 0 Å². The van der Waals surface area contributed by atoms with Gasteiger partial charge < -0.3 is 5.11 Å². The Morgan fingerprint density at radius 2 is 2.00 bits per heavy atom. The van der Waals surface area contributed by atoms with E-state index in [2.05, 4.69) is 22.0 Å². The molecular formula is C13H17BrOS. The van der Waals surface area contributed by atoms with Crippen molar-refractivity contribution in [3.63, 3.8) is 0 Å². The Labute approximate surface area is 110 Å². The smallest absolute Gasteiger partial charge is 0.0662 e. The van der Waals surface area contributed by atoms with Gasteiger partial charge in [-0.15, -0.1) is 11.8 Å². The molecule has 0 amide bonds. The van der Waals surface area contributed by atoms with Crippen molar-refractivity contribution in [2.75, 3.05) is 5.75 Å². The largest absolute Gasteiger partial charge is 0.392 e. The summed E-state index contributed by atoms with van der Waals surface area (Å²) in [6.07, 6.45) is 4.86. The maximum atomic E-state index is 10.1. The maximum absolute atomic E-state index is 10.1. The minimum Gasteiger partial charge on any atom is -0.392 e. The molecule has 1 aromatic carbocycles. The molecule has 1 saturated carbocycles. The number of aliphatic hydroxyl groups is 1. The molecule has 1 unspecified atom stereocenters. The molecule has 0 heterocycles. The molecule has 1 aliphatic rings. The van der Waals surface area contributed by atoms with Crippen LogP contribution < -0.4 is 0 Å². The van der Waals surface area contributed by atoms with Crippen LogP contribution in [0.25, 0.3) is 0 Å². The second-order valence-corrected chi connectivity index (χ2v) is 6.27. The topological polar surface area (TPSA) is 20.2 Å². The van der Waals surface area contributed by atoms with Gasteiger partial charge >= 0.3 is 0 Å². The molecule has 2 rings (SSSR count). The standard InChI is InChI=1S/C13H17BrOS/c14-11-7-3-4-8-13(11)16-9-12(15)10-5-1-2-6-10/h3-4,7-8,10,12,15H,1-2,5-6,9H2. The monoisotopic (exact) mass is 300 g/mol. The lowest BCUT2D eigenvalue weighted by atomic mass is 10.0. The zero-order valence-corrected chi connectivity index (χ0v) is 11.6. The van der Waals surface area contributed by atoms with Crippen LogP contribution in [0.15, 0.2) is 33.6 Å². The van der Waals surface area contributed by atoms with Gasteiger partial charge in [0.25, 0.3) is 0 Å². The normalized spacial score (nSPS) is 18.9. The van der Waals surface area contributed by atoms with Crippen molar-refractivity contribution in [3.8, 4) is 0 Å². The molecule has 0 aromatic heterocycles. The van der Waals surface area contributed by atoms with Gasteiger partial charge in [-0.2, -0.15) is 0 Å². The Morgan fingerprint density at radius 3 is 2.69 bits per heavy atom. The molecule has 1 aliphatic carbocycles. The first-order chi connectivity index (χ1) is 7.77. The third kappa shape index (κ3) is 3.25. The van der Waals surface area contributed by atoms with Crippen LogP contribution in [0.5, 0.6) is 0 Å². The SMILES string of the molecule is OC(CSc1ccccc1Br)C1CCCC1. The summed E-state index contributed by atoms with van der Waals surface area (Å²) in [6.45, 7) is 0. The first kappa shape index (κ1) is 12.5. The molecular weight excluding hydrogens is 284 g/mol. The molecule has 0 spiro atoms. The molecule has 0 aliphatic heterocycles. The quantitative estimate of drug-likeness (QED) is 0.845. The Kier molecular flexibility index (Phi) is 4.74. The van der Waals surface area contributed by atoms with E-state index in [0.717, 1.165) is 10.2 Å². The van der Waals surface area contributed by atoms with Crippen molar-refractivity contribution in [2.45, 2.75) is 36.7 Å². The van der Waals surface area contributed by atoms with Crippen molar-refractivity contribution in [1.29, 1.82) is 0 Å². The lowest BCUT2D eigenvalue weighted by molar-refractivity contribution is 0.133. The zero-order valence-electron chi connectivity index (χ0n) is 9.23. The fourth-order valence-corrected chi connectivity index (χ4v) is 3.85. The fourth-order valence-electron chi connectivity index (χ4n) is 2.22. The van der Waals surface area contributed by atoms with Crippen LogP contribution in [0.4, 0.5) is 0 Å². The summed E-state index contributed by atoms with van der Waals surface area (Å²) in [6, 6.07) is 8.19. The first-order valence-corrected chi connectivity index (χ1v) is 7.60. The third-order valence-corrected chi connectivity index (χ3v) is 5.32. The Bertz CT molecular complexity index is 336. The van der Waals surface area contributed by atoms with Gasteiger partial charge in [0, 0.05) is 15.1 Å². The number of rotatable bonds is 4. The van der Waals surface area contributed by atoms with E-state index < -0.39 is 0 Å². The predicted molar refractivity (Wildman–Crippen MR) is 72.8 cm³/mol. The number of aliphatic hydroxyl groups excluding tert-OH is 1. The van der Waals surface area contributed by atoms with E-state index in [1.165, 1.54) is 30.6 Å². The maximum Gasteiger partial charge on any atom is 0.0662 e. The number of benzene rings is 1. The molecule has 16 heavy (non-hydrogen) atoms. The molecule has 1 aromatic rings. The van der Waals surface area contributed by atoms with E-state index in [0.29, 0.717) is 5.92 Å². The van der Waals surface area contributed by atoms with Gasteiger partial charge in [-0.05, 0) is 46.8 Å². The highest BCUT2D eigenvalue weighted by molar-refractivity contribution is 9.10. The van der Waals surface area contributed by atoms with E-state index >= 15 is 0 Å². The third-order valence-electron chi connectivity index (χ3n) is 3.19. The molecule has 1 nitrogen and oxygen atoms in total. The van der Waals surface area contributed by atoms with Crippen molar-refractivity contribution >= 4 is 27.7 Å². The second-order valence-electron chi connectivity index (χ2n) is 4.35. The van der Waals surface area contributed by atoms with Gasteiger partial charge in [0.1, 0.15) is 0 Å². The minimum atomic E-state index is -0.139.